The summed E-state index contributed by atoms with van der Waals surface area (Å²) in [5.74, 6) is 1.51. The van der Waals surface area contributed by atoms with Crippen LogP contribution in [0.3, 0.4) is 0 Å². The second-order valence-electron chi connectivity index (χ2n) is 7.98. The van der Waals surface area contributed by atoms with Gasteiger partial charge >= 0.3 is 0 Å². The molecule has 0 fully saturated rings. The molecule has 0 saturated carbocycles. The van der Waals surface area contributed by atoms with Crippen molar-refractivity contribution in [2.75, 3.05) is 13.7 Å². The van der Waals surface area contributed by atoms with Crippen LogP contribution in [0.2, 0.25) is 0 Å². The largest absolute Gasteiger partial charge is 0.493 e. The molecule has 0 atom stereocenters. The quantitative estimate of drug-likeness (QED) is 0.268. The summed E-state index contributed by atoms with van der Waals surface area (Å²) in [6, 6.07) is 14.7. The molecule has 0 unspecified atom stereocenters. The number of fused-ring (bicyclic) bond motifs is 1. The predicted molar refractivity (Wildman–Crippen MR) is 132 cm³/mol. The number of aromatic nitrogens is 2. The minimum absolute atomic E-state index is 0.236. The molecule has 172 valence electrons. The van der Waals surface area contributed by atoms with Gasteiger partial charge in [-0.05, 0) is 42.3 Å². The Labute approximate surface area is 194 Å². The highest BCUT2D eigenvalue weighted by molar-refractivity contribution is 5.89. The summed E-state index contributed by atoms with van der Waals surface area (Å²) in [4.78, 5) is 19.5. The number of nitrogens with zero attached hydrogens (tertiary/aromatic N) is 2. The second-order valence-corrected chi connectivity index (χ2v) is 7.98. The molecule has 6 nitrogen and oxygen atoms in total. The Morgan fingerprint density at radius 3 is 2.58 bits per heavy atom. The summed E-state index contributed by atoms with van der Waals surface area (Å²) >= 11 is 0. The fourth-order valence-electron chi connectivity index (χ4n) is 3.67. The van der Waals surface area contributed by atoms with E-state index in [0.29, 0.717) is 29.0 Å². The van der Waals surface area contributed by atoms with E-state index in [2.05, 4.69) is 23.0 Å². The van der Waals surface area contributed by atoms with Gasteiger partial charge in [-0.3, -0.25) is 4.79 Å². The second kappa shape index (κ2) is 12.4. The van der Waals surface area contributed by atoms with Crippen molar-refractivity contribution in [2.45, 2.75) is 51.9 Å². The van der Waals surface area contributed by atoms with Gasteiger partial charge in [0.05, 0.1) is 30.2 Å². The maximum atomic E-state index is 12.4. The number of unbranched alkanes of at least 4 members (excludes halogenated alkanes) is 6. The molecule has 0 amide bonds. The standard InChI is InChI=1S/C27H31N3O3/c1-3-4-5-6-7-8-11-16-33-24-15-14-20(18-25(24)32-2)17-21(19-28)26-29-23-13-10-9-12-22(23)27(31)30-26/h9-10,12-15,17-18H,3-8,11,16H2,1-2H3,(H,29,30,31)/b21-17-. The molecule has 2 aromatic carbocycles. The first-order chi connectivity index (χ1) is 16.2. The Balaban J connectivity index is 1.69. The lowest BCUT2D eigenvalue weighted by Gasteiger charge is -2.11. The summed E-state index contributed by atoms with van der Waals surface area (Å²) in [5.41, 5.74) is 1.28. The Morgan fingerprint density at radius 1 is 1.06 bits per heavy atom. The van der Waals surface area contributed by atoms with E-state index in [1.165, 1.54) is 32.1 Å². The van der Waals surface area contributed by atoms with Gasteiger partial charge in [-0.2, -0.15) is 5.26 Å². The first kappa shape index (κ1) is 24.1. The van der Waals surface area contributed by atoms with Crippen molar-refractivity contribution in [1.29, 1.82) is 5.26 Å². The monoisotopic (exact) mass is 445 g/mol. The van der Waals surface area contributed by atoms with E-state index in [0.717, 1.165) is 18.4 Å². The Bertz CT molecular complexity index is 1190. The molecule has 3 rings (SSSR count). The van der Waals surface area contributed by atoms with E-state index in [4.69, 9.17) is 9.47 Å². The van der Waals surface area contributed by atoms with E-state index < -0.39 is 0 Å². The molecule has 0 saturated heterocycles. The number of methoxy groups -OCH3 is 1. The van der Waals surface area contributed by atoms with Crippen molar-refractivity contribution < 1.29 is 9.47 Å². The molecule has 1 heterocycles. The van der Waals surface area contributed by atoms with Gasteiger partial charge in [0.1, 0.15) is 6.07 Å². The van der Waals surface area contributed by atoms with Gasteiger partial charge in [0.15, 0.2) is 17.3 Å². The van der Waals surface area contributed by atoms with Crippen LogP contribution in [0.5, 0.6) is 11.5 Å². The van der Waals surface area contributed by atoms with Crippen LogP contribution in [0.25, 0.3) is 22.6 Å². The molecule has 1 aromatic heterocycles. The number of nitrogens with one attached hydrogen (secondary N) is 1. The summed E-state index contributed by atoms with van der Waals surface area (Å²) in [7, 11) is 1.59. The van der Waals surface area contributed by atoms with Gasteiger partial charge in [-0.15, -0.1) is 0 Å². The average Bonchev–Trinajstić information content (AvgIpc) is 2.84. The molecule has 0 aliphatic heterocycles. The van der Waals surface area contributed by atoms with Crippen LogP contribution < -0.4 is 15.0 Å². The maximum Gasteiger partial charge on any atom is 0.259 e. The number of hydrogen-bond donors (Lipinski definition) is 1. The highest BCUT2D eigenvalue weighted by Crippen LogP contribution is 2.30. The van der Waals surface area contributed by atoms with Crippen LogP contribution in [0.15, 0.2) is 47.3 Å². The van der Waals surface area contributed by atoms with Crippen LogP contribution in [-0.2, 0) is 0 Å². The normalized spacial score (nSPS) is 11.4. The molecule has 0 radical (unpaired) electrons. The van der Waals surface area contributed by atoms with Crippen LogP contribution in [0.1, 0.15) is 63.3 Å². The van der Waals surface area contributed by atoms with E-state index in [9.17, 15) is 10.1 Å². The van der Waals surface area contributed by atoms with Crippen LogP contribution in [-0.4, -0.2) is 23.7 Å². The van der Waals surface area contributed by atoms with E-state index in [1.807, 2.05) is 24.3 Å². The molecule has 0 aliphatic rings. The Morgan fingerprint density at radius 2 is 1.82 bits per heavy atom. The van der Waals surface area contributed by atoms with Crippen molar-refractivity contribution in [3.63, 3.8) is 0 Å². The number of aromatic amines is 1. The molecule has 3 aromatic rings. The van der Waals surface area contributed by atoms with Gasteiger partial charge < -0.3 is 14.5 Å². The number of nitriles is 1. The maximum absolute atomic E-state index is 12.4. The first-order valence-corrected chi connectivity index (χ1v) is 11.6. The Kier molecular flexibility index (Phi) is 9.08. The fourth-order valence-corrected chi connectivity index (χ4v) is 3.67. The third-order valence-electron chi connectivity index (χ3n) is 5.49. The zero-order chi connectivity index (χ0) is 23.5. The van der Waals surface area contributed by atoms with Gasteiger partial charge in [-0.25, -0.2) is 4.98 Å². The fraction of sp³-hybridized carbons (Fsp3) is 0.370. The molecule has 0 spiro atoms. The molecule has 0 aliphatic carbocycles. The molecule has 0 bridgehead atoms. The smallest absolute Gasteiger partial charge is 0.259 e. The number of para-hydroxylation sites is 1. The SMILES string of the molecule is CCCCCCCCCOc1ccc(/C=C(/C#N)c2nc3ccccc3c(=O)[nH]2)cc1OC. The zero-order valence-electron chi connectivity index (χ0n) is 19.4. The highest BCUT2D eigenvalue weighted by Gasteiger charge is 2.10. The first-order valence-electron chi connectivity index (χ1n) is 11.6. The number of H-pyrrole nitrogens is 1. The number of ether oxygens (including phenoxy) is 2. The summed E-state index contributed by atoms with van der Waals surface area (Å²) in [6.07, 6.45) is 10.3. The lowest BCUT2D eigenvalue weighted by molar-refractivity contribution is 0.284. The third kappa shape index (κ3) is 6.69. The zero-order valence-corrected chi connectivity index (χ0v) is 19.4. The van der Waals surface area contributed by atoms with Crippen molar-refractivity contribution in [1.82, 2.24) is 9.97 Å². The molecular formula is C27H31N3O3. The van der Waals surface area contributed by atoms with Crippen LogP contribution in [0, 0.1) is 11.3 Å². The average molecular weight is 446 g/mol. The molecule has 6 heteroatoms. The lowest BCUT2D eigenvalue weighted by Crippen LogP contribution is -2.11. The highest BCUT2D eigenvalue weighted by atomic mass is 16.5. The number of allylic oxidation sites excluding steroid dienone is 1. The number of rotatable bonds is 12. The predicted octanol–water partition coefficient (Wildman–Crippen LogP) is 6.13. The Hall–Kier alpha value is -3.59. The minimum Gasteiger partial charge on any atom is -0.493 e. The summed E-state index contributed by atoms with van der Waals surface area (Å²) in [6.45, 7) is 2.87. The summed E-state index contributed by atoms with van der Waals surface area (Å²) < 4.78 is 11.4. The van der Waals surface area contributed by atoms with Gasteiger partial charge in [0.2, 0.25) is 0 Å². The van der Waals surface area contributed by atoms with Crippen molar-refractivity contribution >= 4 is 22.6 Å². The van der Waals surface area contributed by atoms with Gasteiger partial charge in [0, 0.05) is 0 Å². The van der Waals surface area contributed by atoms with Gasteiger partial charge in [-0.1, -0.05) is 63.6 Å². The third-order valence-corrected chi connectivity index (χ3v) is 5.49. The van der Waals surface area contributed by atoms with Crippen LogP contribution >= 0.6 is 0 Å². The van der Waals surface area contributed by atoms with E-state index >= 15 is 0 Å². The van der Waals surface area contributed by atoms with Gasteiger partial charge in [0.25, 0.3) is 5.56 Å². The molecule has 1 N–H and O–H groups in total. The number of hydrogen-bond acceptors (Lipinski definition) is 5. The van der Waals surface area contributed by atoms with E-state index in [-0.39, 0.29) is 17.0 Å². The minimum atomic E-state index is -0.275. The lowest BCUT2D eigenvalue weighted by atomic mass is 10.1. The topological polar surface area (TPSA) is 88.0 Å². The van der Waals surface area contributed by atoms with Crippen molar-refractivity contribution in [3.05, 3.63) is 64.2 Å². The number of benzene rings is 2. The summed E-state index contributed by atoms with van der Waals surface area (Å²) in [5, 5.41) is 10.2. The molecule has 33 heavy (non-hydrogen) atoms. The van der Waals surface area contributed by atoms with Crippen molar-refractivity contribution in [3.8, 4) is 17.6 Å². The van der Waals surface area contributed by atoms with E-state index in [1.54, 1.807) is 31.4 Å². The molecular weight excluding hydrogens is 414 g/mol. The van der Waals surface area contributed by atoms with Crippen LogP contribution in [0.4, 0.5) is 0 Å². The van der Waals surface area contributed by atoms with Crippen molar-refractivity contribution in [2.24, 2.45) is 0 Å².